The summed E-state index contributed by atoms with van der Waals surface area (Å²) in [5.74, 6) is 0.404. The van der Waals surface area contributed by atoms with Crippen molar-refractivity contribution in [1.29, 1.82) is 0 Å². The first-order chi connectivity index (χ1) is 14.1. The van der Waals surface area contributed by atoms with Crippen LogP contribution in [0.3, 0.4) is 0 Å². The molecule has 4 fully saturated rings. The molecule has 1 N–H and O–H groups in total. The Balaban J connectivity index is 1.35. The lowest BCUT2D eigenvalue weighted by atomic mass is 9.67. The van der Waals surface area contributed by atoms with Gasteiger partial charge in [-0.25, -0.2) is 0 Å². The fourth-order valence-electron chi connectivity index (χ4n) is 6.43. The lowest BCUT2D eigenvalue weighted by molar-refractivity contribution is -0.134. The van der Waals surface area contributed by atoms with Gasteiger partial charge in [0, 0.05) is 49.9 Å². The number of carbonyl (C=O) groups excluding carboxylic acids is 1. The number of hydrogen-bond acceptors (Lipinski definition) is 4. The molecule has 4 aliphatic rings. The first kappa shape index (κ1) is 19.4. The largest absolute Gasteiger partial charge is 0.381 e. The molecule has 0 saturated carbocycles. The maximum Gasteiger partial charge on any atom is 0.227 e. The smallest absolute Gasteiger partial charge is 0.227 e. The van der Waals surface area contributed by atoms with E-state index in [1.807, 2.05) is 0 Å². The van der Waals surface area contributed by atoms with Crippen molar-refractivity contribution >= 4 is 11.6 Å². The molecule has 0 bridgehead atoms. The SMILES string of the molecule is Cc1cc(N2CCC(N3CCCC3C)C2)ccc1C1COCCC12CCNC2=O. The molecule has 0 aromatic heterocycles. The van der Waals surface area contributed by atoms with Gasteiger partial charge in [-0.15, -0.1) is 0 Å². The van der Waals surface area contributed by atoms with Gasteiger partial charge in [-0.3, -0.25) is 9.69 Å². The number of rotatable bonds is 3. The first-order valence-electron chi connectivity index (χ1n) is 11.6. The Morgan fingerprint density at radius 2 is 2.10 bits per heavy atom. The summed E-state index contributed by atoms with van der Waals surface area (Å²) >= 11 is 0. The van der Waals surface area contributed by atoms with E-state index in [2.05, 4.69) is 47.2 Å². The number of ether oxygens (including phenoxy) is 1. The Morgan fingerprint density at radius 3 is 2.83 bits per heavy atom. The molecular weight excluding hydrogens is 362 g/mol. The number of carbonyl (C=O) groups is 1. The average molecular weight is 398 g/mol. The van der Waals surface area contributed by atoms with Crippen LogP contribution in [0.5, 0.6) is 0 Å². The quantitative estimate of drug-likeness (QED) is 0.851. The monoisotopic (exact) mass is 397 g/mol. The number of amides is 1. The third kappa shape index (κ3) is 3.27. The van der Waals surface area contributed by atoms with Gasteiger partial charge in [0.15, 0.2) is 0 Å². The van der Waals surface area contributed by atoms with E-state index in [4.69, 9.17) is 4.74 Å². The average Bonchev–Trinajstić information content (AvgIpc) is 3.44. The Morgan fingerprint density at radius 1 is 1.21 bits per heavy atom. The summed E-state index contributed by atoms with van der Waals surface area (Å²) in [7, 11) is 0. The minimum atomic E-state index is -0.269. The Bertz CT molecular complexity index is 781. The van der Waals surface area contributed by atoms with Crippen LogP contribution in [-0.4, -0.2) is 62.3 Å². The number of anilines is 1. The van der Waals surface area contributed by atoms with Gasteiger partial charge >= 0.3 is 0 Å². The van der Waals surface area contributed by atoms with Crippen LogP contribution in [0.15, 0.2) is 18.2 Å². The van der Waals surface area contributed by atoms with E-state index in [-0.39, 0.29) is 17.2 Å². The summed E-state index contributed by atoms with van der Waals surface area (Å²) in [6.07, 6.45) is 5.74. The summed E-state index contributed by atoms with van der Waals surface area (Å²) in [6, 6.07) is 8.35. The second kappa shape index (κ2) is 7.59. The van der Waals surface area contributed by atoms with Crippen molar-refractivity contribution in [2.75, 3.05) is 44.3 Å². The maximum absolute atomic E-state index is 12.7. The van der Waals surface area contributed by atoms with Crippen LogP contribution < -0.4 is 10.2 Å². The van der Waals surface area contributed by atoms with Crippen LogP contribution in [0.2, 0.25) is 0 Å². The third-order valence-corrected chi connectivity index (χ3v) is 8.18. The van der Waals surface area contributed by atoms with Gasteiger partial charge in [-0.05, 0) is 75.8 Å². The number of likely N-dealkylation sites (tertiary alicyclic amines) is 1. The summed E-state index contributed by atoms with van der Waals surface area (Å²) < 4.78 is 5.84. The fraction of sp³-hybridized carbons (Fsp3) is 0.708. The molecule has 1 aromatic rings. The highest BCUT2D eigenvalue weighted by molar-refractivity contribution is 5.86. The molecule has 5 rings (SSSR count). The van der Waals surface area contributed by atoms with Crippen molar-refractivity contribution < 1.29 is 9.53 Å². The molecule has 4 aliphatic heterocycles. The van der Waals surface area contributed by atoms with Crippen molar-refractivity contribution in [2.24, 2.45) is 5.41 Å². The second-order valence-corrected chi connectivity index (χ2v) is 9.70. The number of hydrogen-bond donors (Lipinski definition) is 1. The van der Waals surface area contributed by atoms with Crippen LogP contribution in [0.1, 0.15) is 56.1 Å². The number of nitrogens with zero attached hydrogens (tertiary/aromatic N) is 2. The lowest BCUT2D eigenvalue weighted by Gasteiger charge is -2.40. The van der Waals surface area contributed by atoms with Crippen LogP contribution in [0.4, 0.5) is 5.69 Å². The van der Waals surface area contributed by atoms with Crippen LogP contribution in [0, 0.1) is 12.3 Å². The topological polar surface area (TPSA) is 44.8 Å². The summed E-state index contributed by atoms with van der Waals surface area (Å²) in [5, 5.41) is 3.08. The predicted molar refractivity (Wildman–Crippen MR) is 115 cm³/mol. The van der Waals surface area contributed by atoms with E-state index in [9.17, 15) is 4.79 Å². The molecule has 29 heavy (non-hydrogen) atoms. The molecule has 4 heterocycles. The molecule has 1 aromatic carbocycles. The molecule has 1 amide bonds. The Hall–Kier alpha value is -1.59. The van der Waals surface area contributed by atoms with E-state index in [1.165, 1.54) is 42.6 Å². The molecule has 0 aliphatic carbocycles. The van der Waals surface area contributed by atoms with Gasteiger partial charge in [-0.1, -0.05) is 6.07 Å². The summed E-state index contributed by atoms with van der Waals surface area (Å²) in [6.45, 7) is 10.3. The normalized spacial score (nSPS) is 35.6. The predicted octanol–water partition coefficient (Wildman–Crippen LogP) is 3.07. The molecule has 4 saturated heterocycles. The zero-order chi connectivity index (χ0) is 20.0. The van der Waals surface area contributed by atoms with Gasteiger partial charge in [0.1, 0.15) is 0 Å². The van der Waals surface area contributed by atoms with Crippen LogP contribution in [-0.2, 0) is 9.53 Å². The Labute approximate surface area is 174 Å². The molecule has 5 nitrogen and oxygen atoms in total. The molecule has 4 atom stereocenters. The van der Waals surface area contributed by atoms with Crippen molar-refractivity contribution in [3.63, 3.8) is 0 Å². The van der Waals surface area contributed by atoms with E-state index >= 15 is 0 Å². The number of aryl methyl sites for hydroxylation is 1. The summed E-state index contributed by atoms with van der Waals surface area (Å²) in [4.78, 5) is 18.0. The summed E-state index contributed by atoms with van der Waals surface area (Å²) in [5.41, 5.74) is 3.67. The highest BCUT2D eigenvalue weighted by atomic mass is 16.5. The molecular formula is C24H35N3O2. The molecule has 5 heteroatoms. The van der Waals surface area contributed by atoms with Crippen molar-refractivity contribution in [1.82, 2.24) is 10.2 Å². The minimum absolute atomic E-state index is 0.171. The highest BCUT2D eigenvalue weighted by Crippen LogP contribution is 2.48. The van der Waals surface area contributed by atoms with Crippen LogP contribution in [0.25, 0.3) is 0 Å². The molecule has 158 valence electrons. The van der Waals surface area contributed by atoms with E-state index in [0.717, 1.165) is 38.5 Å². The second-order valence-electron chi connectivity index (χ2n) is 9.70. The highest BCUT2D eigenvalue weighted by Gasteiger charge is 2.51. The van der Waals surface area contributed by atoms with Crippen LogP contribution >= 0.6 is 0 Å². The Kier molecular flexibility index (Phi) is 5.07. The third-order valence-electron chi connectivity index (χ3n) is 8.18. The minimum Gasteiger partial charge on any atom is -0.381 e. The van der Waals surface area contributed by atoms with Gasteiger partial charge < -0.3 is 15.0 Å². The molecule has 4 unspecified atom stereocenters. The molecule has 0 radical (unpaired) electrons. The van der Waals surface area contributed by atoms with E-state index in [0.29, 0.717) is 19.3 Å². The van der Waals surface area contributed by atoms with Crippen molar-refractivity contribution in [2.45, 2.75) is 64.0 Å². The van der Waals surface area contributed by atoms with Gasteiger partial charge in [0.2, 0.25) is 5.91 Å². The van der Waals surface area contributed by atoms with Gasteiger partial charge in [0.05, 0.1) is 12.0 Å². The van der Waals surface area contributed by atoms with Crippen molar-refractivity contribution in [3.8, 4) is 0 Å². The van der Waals surface area contributed by atoms with Crippen molar-refractivity contribution in [3.05, 3.63) is 29.3 Å². The standard InChI is InChI=1S/C24H35N3O2/c1-17-14-19(26-12-7-20(15-26)27-11-3-4-18(27)2)5-6-21(17)22-16-29-13-9-24(22)8-10-25-23(24)28/h5-6,14,18,20,22H,3-4,7-13,15-16H2,1-2H3,(H,25,28). The fourth-order valence-corrected chi connectivity index (χ4v) is 6.43. The van der Waals surface area contributed by atoms with Gasteiger partial charge in [0.25, 0.3) is 0 Å². The van der Waals surface area contributed by atoms with E-state index in [1.54, 1.807) is 0 Å². The zero-order valence-electron chi connectivity index (χ0n) is 18.0. The molecule has 1 spiro atoms. The zero-order valence-corrected chi connectivity index (χ0v) is 18.0. The van der Waals surface area contributed by atoms with Gasteiger partial charge in [-0.2, -0.15) is 0 Å². The first-order valence-corrected chi connectivity index (χ1v) is 11.6. The van der Waals surface area contributed by atoms with E-state index < -0.39 is 0 Å². The number of nitrogens with one attached hydrogen (secondary N) is 1. The number of benzene rings is 1. The lowest BCUT2D eigenvalue weighted by Crippen LogP contribution is -2.43. The maximum atomic E-state index is 12.7.